The van der Waals surface area contributed by atoms with Gasteiger partial charge in [-0.25, -0.2) is 24.2 Å². The van der Waals surface area contributed by atoms with Gasteiger partial charge in [0.1, 0.15) is 0 Å². The first-order valence-electron chi connectivity index (χ1n) is 20.3. The quantitative estimate of drug-likeness (QED) is 0.133. The van der Waals surface area contributed by atoms with Crippen LogP contribution in [0.25, 0.3) is 0 Å². The molecule has 5 saturated heterocycles. The Balaban J connectivity index is 0.879. The van der Waals surface area contributed by atoms with Crippen molar-refractivity contribution < 1.29 is 52.0 Å². The number of amides is 8. The summed E-state index contributed by atoms with van der Waals surface area (Å²) in [5.74, 6) is -6.45. The molecule has 5 heterocycles. The molecule has 5 aliphatic heterocycles. The van der Waals surface area contributed by atoms with Crippen LogP contribution in [0, 0.1) is 5.41 Å². The van der Waals surface area contributed by atoms with Gasteiger partial charge in [-0.15, -0.1) is 0 Å². The number of piperazine rings is 2. The summed E-state index contributed by atoms with van der Waals surface area (Å²) < 4.78 is 55.8. The van der Waals surface area contributed by atoms with Gasteiger partial charge in [0.25, 0.3) is 5.79 Å². The van der Waals surface area contributed by atoms with E-state index in [1.165, 1.54) is 24.5 Å². The van der Waals surface area contributed by atoms with E-state index in [9.17, 15) is 42.6 Å². The Hall–Kier alpha value is -6.11. The summed E-state index contributed by atoms with van der Waals surface area (Å²) in [6.45, 7) is -0.0225. The molecular formula is C39H52F3N13O8. The van der Waals surface area contributed by atoms with Crippen molar-refractivity contribution in [1.29, 1.82) is 5.41 Å². The molecule has 5 aliphatic rings. The van der Waals surface area contributed by atoms with Crippen molar-refractivity contribution >= 4 is 41.6 Å². The van der Waals surface area contributed by atoms with Crippen LogP contribution in [0.1, 0.15) is 23.6 Å². The Labute approximate surface area is 360 Å². The Morgan fingerprint density at radius 2 is 1.06 bits per heavy atom. The summed E-state index contributed by atoms with van der Waals surface area (Å²) in [4.78, 5) is 64.6. The monoisotopic (exact) mass is 887 g/mol. The molecule has 0 saturated carbocycles. The molecule has 0 bridgehead atoms. The number of ether oxygens (including phenoxy) is 2. The van der Waals surface area contributed by atoms with Gasteiger partial charge in [-0.05, 0) is 35.7 Å². The molecule has 63 heavy (non-hydrogen) atoms. The molecule has 0 radical (unpaired) electrons. The zero-order valence-corrected chi connectivity index (χ0v) is 34.6. The van der Waals surface area contributed by atoms with E-state index in [4.69, 9.17) is 32.1 Å². The molecule has 5 fully saturated rings. The maximum absolute atomic E-state index is 14.8. The topological polar surface area (TPSA) is 285 Å². The third kappa shape index (κ3) is 8.92. The first-order valence-corrected chi connectivity index (χ1v) is 20.3. The standard InChI is InChI=1S/C39H52F3N13O8/c1-35(60)36(21-54(22-36)33(58)52-14-10-51(11-15-52)32(57)48-20-27-6-8-28(9-7-27)49-30(45)46)63-38(61,39(40,41)42)37(62-35)23-55(24-37)34(59)53-16-12-50(13-17-53)31(56)47-19-26-4-2-25(3-5-26)18-29(43)44/h2-9,60-61H,10-24H2,1H3,(H3,43,44)(H,47,56)(H,48,57)(H4,45,46,49)/t35-,38+/m1/s1. The lowest BCUT2D eigenvalue weighted by Crippen LogP contribution is -2.91. The van der Waals surface area contributed by atoms with E-state index in [0.717, 1.165) is 28.5 Å². The van der Waals surface area contributed by atoms with E-state index in [1.54, 1.807) is 24.3 Å². The zero-order chi connectivity index (χ0) is 45.5. The van der Waals surface area contributed by atoms with Crippen molar-refractivity contribution in [1.82, 2.24) is 40.0 Å². The number of hydrogen-bond acceptors (Lipinski definition) is 10. The number of likely N-dealkylation sites (tertiary alicyclic amines) is 2. The lowest BCUT2D eigenvalue weighted by atomic mass is 9.76. The van der Waals surface area contributed by atoms with Crippen LogP contribution in [-0.2, 0) is 29.0 Å². The van der Waals surface area contributed by atoms with Crippen LogP contribution in [0.4, 0.5) is 38.0 Å². The van der Waals surface area contributed by atoms with Crippen molar-refractivity contribution in [3.63, 3.8) is 0 Å². The lowest BCUT2D eigenvalue weighted by molar-refractivity contribution is -0.550. The number of rotatable bonds is 7. The highest BCUT2D eigenvalue weighted by atomic mass is 19.4. The largest absolute Gasteiger partial charge is 0.446 e. The predicted molar refractivity (Wildman–Crippen MR) is 218 cm³/mol. The first kappa shape index (κ1) is 44.9. The second-order valence-electron chi connectivity index (χ2n) is 16.6. The number of aliphatic hydroxyl groups is 2. The van der Waals surface area contributed by atoms with Crippen molar-refractivity contribution in [2.45, 2.75) is 55.4 Å². The number of urea groups is 4. The number of carbonyl (C=O) groups excluding carboxylic acids is 4. The minimum absolute atomic E-state index is 0.0383. The summed E-state index contributed by atoms with van der Waals surface area (Å²) in [7, 11) is 0. The SMILES string of the molecule is C[C@@]1(O)OC2(CN(C(=O)N3CCN(C(=O)NCc4ccc(CC(=N)N)cc4)CC3)C2)[C@@](O)(C(F)(F)F)OC12CN(C(=O)N1CCN(C(=O)NCc3ccc(N=C(N)N)cc3)CC1)C2. The lowest BCUT2D eigenvalue weighted by Gasteiger charge is -2.68. The molecule has 11 N–H and O–H groups in total. The summed E-state index contributed by atoms with van der Waals surface area (Å²) in [5.41, 5.74) is 14.5. The van der Waals surface area contributed by atoms with Crippen LogP contribution < -0.4 is 27.8 Å². The van der Waals surface area contributed by atoms with Gasteiger partial charge in [0.2, 0.25) is 0 Å². The van der Waals surface area contributed by atoms with Gasteiger partial charge >= 0.3 is 30.3 Å². The van der Waals surface area contributed by atoms with Crippen LogP contribution in [-0.4, -0.2) is 183 Å². The molecule has 24 heteroatoms. The Bertz CT molecular complexity index is 2090. The fourth-order valence-electron chi connectivity index (χ4n) is 8.39. The Kier molecular flexibility index (Phi) is 12.0. The number of nitrogens with zero attached hydrogens (tertiary/aromatic N) is 7. The molecule has 2 spiro atoms. The van der Waals surface area contributed by atoms with Crippen LogP contribution in [0.15, 0.2) is 53.5 Å². The number of aliphatic imine (C=N–C) groups is 1. The number of benzene rings is 2. The smallest absolute Gasteiger partial charge is 0.387 e. The van der Waals surface area contributed by atoms with Crippen LogP contribution in [0.2, 0.25) is 0 Å². The third-order valence-corrected chi connectivity index (χ3v) is 12.1. The number of nitrogens with one attached hydrogen (secondary N) is 3. The van der Waals surface area contributed by atoms with E-state index in [0.29, 0.717) is 12.1 Å². The minimum Gasteiger partial charge on any atom is -0.387 e. The van der Waals surface area contributed by atoms with Gasteiger partial charge in [0.05, 0.1) is 37.7 Å². The van der Waals surface area contributed by atoms with Crippen molar-refractivity contribution in [3.05, 3.63) is 65.2 Å². The highest BCUT2D eigenvalue weighted by Gasteiger charge is 2.82. The molecule has 2 aromatic rings. The number of carbonyl (C=O) groups is 4. The molecule has 21 nitrogen and oxygen atoms in total. The summed E-state index contributed by atoms with van der Waals surface area (Å²) in [6, 6.07) is 12.2. The number of guanidine groups is 1. The van der Waals surface area contributed by atoms with Gasteiger partial charge in [0, 0.05) is 71.9 Å². The normalized spacial score (nSPS) is 24.0. The number of amidine groups is 1. The summed E-state index contributed by atoms with van der Waals surface area (Å²) >= 11 is 0. The van der Waals surface area contributed by atoms with Crippen LogP contribution in [0.5, 0.6) is 0 Å². The molecule has 342 valence electrons. The van der Waals surface area contributed by atoms with E-state index in [2.05, 4.69) is 15.6 Å². The average molecular weight is 888 g/mol. The maximum atomic E-state index is 14.8. The van der Waals surface area contributed by atoms with Gasteiger partial charge in [-0.3, -0.25) is 5.41 Å². The fraction of sp³-hybridized carbons (Fsp3) is 0.538. The summed E-state index contributed by atoms with van der Waals surface area (Å²) in [6.07, 6.45) is -5.13. The summed E-state index contributed by atoms with van der Waals surface area (Å²) in [5, 5.41) is 35.9. The Morgan fingerprint density at radius 1 is 0.667 bits per heavy atom. The zero-order valence-electron chi connectivity index (χ0n) is 34.6. The first-order chi connectivity index (χ1) is 29.6. The van der Waals surface area contributed by atoms with E-state index < -0.39 is 67.2 Å². The molecule has 0 unspecified atom stereocenters. The van der Waals surface area contributed by atoms with Crippen molar-refractivity contribution in [3.8, 4) is 0 Å². The van der Waals surface area contributed by atoms with Crippen molar-refractivity contribution in [2.75, 3.05) is 78.5 Å². The average Bonchev–Trinajstić information content (AvgIpc) is 3.20. The van der Waals surface area contributed by atoms with Gasteiger partial charge in [-0.2, -0.15) is 13.2 Å². The van der Waals surface area contributed by atoms with Gasteiger partial charge < -0.3 is 76.9 Å². The fourth-order valence-corrected chi connectivity index (χ4v) is 8.39. The van der Waals surface area contributed by atoms with Gasteiger partial charge in [-0.1, -0.05) is 36.4 Å². The molecule has 0 aliphatic carbocycles. The second kappa shape index (κ2) is 16.9. The highest BCUT2D eigenvalue weighted by molar-refractivity contribution is 5.80. The Morgan fingerprint density at radius 3 is 1.48 bits per heavy atom. The number of hydrogen-bond donors (Lipinski definition) is 8. The van der Waals surface area contributed by atoms with E-state index in [1.807, 2.05) is 24.3 Å². The molecule has 8 amide bonds. The van der Waals surface area contributed by atoms with Gasteiger partial charge in [0.15, 0.2) is 22.9 Å². The molecule has 2 aromatic carbocycles. The second-order valence-corrected chi connectivity index (χ2v) is 16.6. The van der Waals surface area contributed by atoms with Crippen LogP contribution >= 0.6 is 0 Å². The molecular weight excluding hydrogens is 836 g/mol. The minimum atomic E-state index is -5.44. The number of halogens is 3. The van der Waals surface area contributed by atoms with E-state index >= 15 is 0 Å². The molecule has 7 rings (SSSR count). The molecule has 2 atom stereocenters. The third-order valence-electron chi connectivity index (χ3n) is 12.1. The number of nitrogens with two attached hydrogens (primary N) is 3. The predicted octanol–water partition coefficient (Wildman–Crippen LogP) is -0.220. The molecule has 0 aromatic heterocycles. The highest BCUT2D eigenvalue weighted by Crippen LogP contribution is 2.57. The number of alkyl halides is 3. The van der Waals surface area contributed by atoms with E-state index in [-0.39, 0.29) is 89.3 Å². The maximum Gasteiger partial charge on any atom is 0.446 e. The van der Waals surface area contributed by atoms with Crippen LogP contribution in [0.3, 0.4) is 0 Å². The van der Waals surface area contributed by atoms with Crippen molar-refractivity contribution in [2.24, 2.45) is 22.2 Å².